The summed E-state index contributed by atoms with van der Waals surface area (Å²) in [6, 6.07) is 10.6. The normalized spacial score (nSPS) is 11.2. The number of aromatic amines is 1. The number of hydrogen-bond donors (Lipinski definition) is 1. The van der Waals surface area contributed by atoms with Crippen molar-refractivity contribution in [2.45, 2.75) is 19.8 Å². The van der Waals surface area contributed by atoms with Crippen LogP contribution in [-0.4, -0.2) is 4.98 Å². The molecule has 0 saturated heterocycles. The fourth-order valence-corrected chi connectivity index (χ4v) is 1.41. The Kier molecular flexibility index (Phi) is 1.65. The molecule has 1 aromatic heterocycles. The monoisotopic (exact) mass is 159 g/mol. The molecule has 0 radical (unpaired) electrons. The Morgan fingerprint density at radius 1 is 1.17 bits per heavy atom. The van der Waals surface area contributed by atoms with E-state index in [2.05, 4.69) is 49.2 Å². The van der Waals surface area contributed by atoms with Gasteiger partial charge >= 0.3 is 0 Å². The molecule has 1 heteroatoms. The molecule has 2 aromatic rings. The van der Waals surface area contributed by atoms with E-state index in [0.29, 0.717) is 5.92 Å². The second kappa shape index (κ2) is 2.67. The van der Waals surface area contributed by atoms with Gasteiger partial charge in [-0.3, -0.25) is 0 Å². The average Bonchev–Trinajstić information content (AvgIpc) is 2.46. The number of aromatic nitrogens is 1. The summed E-state index contributed by atoms with van der Waals surface area (Å²) in [6.45, 7) is 4.40. The predicted octanol–water partition coefficient (Wildman–Crippen LogP) is 3.29. The SMILES string of the molecule is CC(C)c1cc2ccccc2[nH]1. The molecule has 0 spiro atoms. The minimum atomic E-state index is 0.581. The standard InChI is InChI=1S/C11H13N/c1-8(2)11-7-9-5-3-4-6-10(9)12-11/h3-8,12H,1-2H3. The van der Waals surface area contributed by atoms with Gasteiger partial charge < -0.3 is 4.98 Å². The molecule has 0 aliphatic heterocycles. The zero-order valence-electron chi connectivity index (χ0n) is 7.46. The van der Waals surface area contributed by atoms with Gasteiger partial charge in [-0.15, -0.1) is 0 Å². The molecule has 0 saturated carbocycles. The second-order valence-electron chi connectivity index (χ2n) is 3.47. The quantitative estimate of drug-likeness (QED) is 0.657. The van der Waals surface area contributed by atoms with Gasteiger partial charge in [0.25, 0.3) is 0 Å². The van der Waals surface area contributed by atoms with Crippen molar-refractivity contribution in [3.05, 3.63) is 36.0 Å². The van der Waals surface area contributed by atoms with E-state index in [-0.39, 0.29) is 0 Å². The van der Waals surface area contributed by atoms with Gasteiger partial charge in [0, 0.05) is 11.2 Å². The van der Waals surface area contributed by atoms with Crippen molar-refractivity contribution < 1.29 is 0 Å². The first-order valence-electron chi connectivity index (χ1n) is 4.35. The summed E-state index contributed by atoms with van der Waals surface area (Å²) in [5, 5.41) is 1.31. The summed E-state index contributed by atoms with van der Waals surface area (Å²) in [5.41, 5.74) is 2.55. The van der Waals surface area contributed by atoms with Gasteiger partial charge in [-0.25, -0.2) is 0 Å². The molecule has 0 amide bonds. The first-order valence-corrected chi connectivity index (χ1v) is 4.35. The smallest absolute Gasteiger partial charge is 0.0456 e. The molecule has 0 atom stereocenters. The molecule has 62 valence electrons. The third kappa shape index (κ3) is 1.11. The van der Waals surface area contributed by atoms with E-state index in [1.807, 2.05) is 0 Å². The number of para-hydroxylation sites is 1. The third-order valence-electron chi connectivity index (χ3n) is 2.17. The summed E-state index contributed by atoms with van der Waals surface area (Å²) >= 11 is 0. The van der Waals surface area contributed by atoms with Crippen molar-refractivity contribution >= 4 is 10.9 Å². The van der Waals surface area contributed by atoms with Gasteiger partial charge in [-0.05, 0) is 23.4 Å². The average molecular weight is 159 g/mol. The number of nitrogens with one attached hydrogen (secondary N) is 1. The lowest BCUT2D eigenvalue weighted by Crippen LogP contribution is -1.84. The Balaban J connectivity index is 2.62. The van der Waals surface area contributed by atoms with Crippen molar-refractivity contribution in [2.75, 3.05) is 0 Å². The highest BCUT2D eigenvalue weighted by molar-refractivity contribution is 5.80. The van der Waals surface area contributed by atoms with Crippen LogP contribution in [0.25, 0.3) is 10.9 Å². The molecular weight excluding hydrogens is 146 g/mol. The van der Waals surface area contributed by atoms with Crippen LogP contribution >= 0.6 is 0 Å². The number of rotatable bonds is 1. The largest absolute Gasteiger partial charge is 0.358 e. The van der Waals surface area contributed by atoms with E-state index in [4.69, 9.17) is 0 Å². The minimum Gasteiger partial charge on any atom is -0.358 e. The molecular formula is C11H13N. The molecule has 1 heterocycles. The maximum absolute atomic E-state index is 3.40. The van der Waals surface area contributed by atoms with Crippen LogP contribution in [0.15, 0.2) is 30.3 Å². The van der Waals surface area contributed by atoms with Crippen LogP contribution in [0.1, 0.15) is 25.5 Å². The zero-order chi connectivity index (χ0) is 8.55. The van der Waals surface area contributed by atoms with Gasteiger partial charge in [0.1, 0.15) is 0 Å². The van der Waals surface area contributed by atoms with E-state index in [9.17, 15) is 0 Å². The maximum atomic E-state index is 3.40. The fraction of sp³-hybridized carbons (Fsp3) is 0.273. The van der Waals surface area contributed by atoms with E-state index in [1.165, 1.54) is 16.6 Å². The summed E-state index contributed by atoms with van der Waals surface area (Å²) in [6.07, 6.45) is 0. The van der Waals surface area contributed by atoms with E-state index in [1.54, 1.807) is 0 Å². The topological polar surface area (TPSA) is 15.8 Å². The van der Waals surface area contributed by atoms with Crippen LogP contribution in [0.2, 0.25) is 0 Å². The maximum Gasteiger partial charge on any atom is 0.0456 e. The van der Waals surface area contributed by atoms with Crippen LogP contribution < -0.4 is 0 Å². The Hall–Kier alpha value is -1.24. The number of H-pyrrole nitrogens is 1. The van der Waals surface area contributed by atoms with Crippen molar-refractivity contribution in [1.29, 1.82) is 0 Å². The summed E-state index contributed by atoms with van der Waals surface area (Å²) < 4.78 is 0. The highest BCUT2D eigenvalue weighted by Gasteiger charge is 2.02. The third-order valence-corrected chi connectivity index (χ3v) is 2.17. The van der Waals surface area contributed by atoms with Crippen LogP contribution in [0.4, 0.5) is 0 Å². The van der Waals surface area contributed by atoms with E-state index in [0.717, 1.165) is 0 Å². The Bertz CT molecular complexity index is 352. The molecule has 0 aliphatic carbocycles. The summed E-state index contributed by atoms with van der Waals surface area (Å²) in [4.78, 5) is 3.40. The van der Waals surface area contributed by atoms with Gasteiger partial charge in [0.05, 0.1) is 0 Å². The molecule has 1 N–H and O–H groups in total. The highest BCUT2D eigenvalue weighted by Crippen LogP contribution is 2.20. The number of hydrogen-bond acceptors (Lipinski definition) is 0. The van der Waals surface area contributed by atoms with E-state index >= 15 is 0 Å². The van der Waals surface area contributed by atoms with Gasteiger partial charge in [0.15, 0.2) is 0 Å². The molecule has 0 bridgehead atoms. The van der Waals surface area contributed by atoms with Crippen molar-refractivity contribution in [2.24, 2.45) is 0 Å². The first kappa shape index (κ1) is 7.41. The van der Waals surface area contributed by atoms with Crippen molar-refractivity contribution in [3.63, 3.8) is 0 Å². The molecule has 1 nitrogen and oxygen atoms in total. The van der Waals surface area contributed by atoms with Crippen LogP contribution in [-0.2, 0) is 0 Å². The second-order valence-corrected chi connectivity index (χ2v) is 3.47. The van der Waals surface area contributed by atoms with Crippen LogP contribution in [0.3, 0.4) is 0 Å². The minimum absolute atomic E-state index is 0.581. The summed E-state index contributed by atoms with van der Waals surface area (Å²) in [7, 11) is 0. The molecule has 0 aliphatic rings. The summed E-state index contributed by atoms with van der Waals surface area (Å²) in [5.74, 6) is 0.581. The van der Waals surface area contributed by atoms with Gasteiger partial charge in [-0.2, -0.15) is 0 Å². The predicted molar refractivity (Wildman–Crippen MR) is 52.4 cm³/mol. The van der Waals surface area contributed by atoms with E-state index < -0.39 is 0 Å². The Labute approximate surface area is 72.4 Å². The van der Waals surface area contributed by atoms with Gasteiger partial charge in [0.2, 0.25) is 0 Å². The molecule has 0 unspecified atom stereocenters. The fourth-order valence-electron chi connectivity index (χ4n) is 1.41. The zero-order valence-corrected chi connectivity index (χ0v) is 7.46. The first-order chi connectivity index (χ1) is 5.77. The molecule has 2 rings (SSSR count). The molecule has 0 fully saturated rings. The lowest BCUT2D eigenvalue weighted by Gasteiger charge is -1.97. The lowest BCUT2D eigenvalue weighted by molar-refractivity contribution is 0.836. The molecule has 12 heavy (non-hydrogen) atoms. The van der Waals surface area contributed by atoms with Crippen molar-refractivity contribution in [1.82, 2.24) is 4.98 Å². The van der Waals surface area contributed by atoms with Crippen LogP contribution in [0, 0.1) is 0 Å². The number of fused-ring (bicyclic) bond motifs is 1. The Morgan fingerprint density at radius 3 is 2.58 bits per heavy atom. The van der Waals surface area contributed by atoms with Crippen molar-refractivity contribution in [3.8, 4) is 0 Å². The lowest BCUT2D eigenvalue weighted by atomic mass is 10.1. The Morgan fingerprint density at radius 2 is 1.92 bits per heavy atom. The molecule has 1 aromatic carbocycles. The number of benzene rings is 1. The van der Waals surface area contributed by atoms with Gasteiger partial charge in [-0.1, -0.05) is 32.0 Å². The highest BCUT2D eigenvalue weighted by atomic mass is 14.7. The van der Waals surface area contributed by atoms with Crippen LogP contribution in [0.5, 0.6) is 0 Å².